The van der Waals surface area contributed by atoms with Crippen LogP contribution in [0, 0.1) is 17.5 Å². The molecule has 3 nitrogen and oxygen atoms in total. The molecule has 1 aromatic carbocycles. The summed E-state index contributed by atoms with van der Waals surface area (Å²) in [6.07, 6.45) is 0. The van der Waals surface area contributed by atoms with Gasteiger partial charge in [-0.2, -0.15) is 0 Å². The van der Waals surface area contributed by atoms with E-state index >= 15 is 0 Å². The fourth-order valence-electron chi connectivity index (χ4n) is 1.24. The smallest absolute Gasteiger partial charge is 0.177 e. The van der Waals surface area contributed by atoms with Crippen LogP contribution in [0.25, 0.3) is 0 Å². The Kier molecular flexibility index (Phi) is 3.73. The number of nitrogens with one attached hydrogen (secondary N) is 1. The molecule has 0 unspecified atom stereocenters. The summed E-state index contributed by atoms with van der Waals surface area (Å²) >= 11 is 0.946. The molecule has 0 spiro atoms. The first-order valence-corrected chi connectivity index (χ1v) is 5.68. The normalized spacial score (nSPS) is 10.4. The molecule has 0 aliphatic rings. The van der Waals surface area contributed by atoms with Crippen LogP contribution in [0.2, 0.25) is 0 Å². The average molecular weight is 271 g/mol. The van der Waals surface area contributed by atoms with Crippen molar-refractivity contribution in [2.45, 2.75) is 9.92 Å². The van der Waals surface area contributed by atoms with Gasteiger partial charge in [-0.15, -0.1) is 0 Å². The number of nitrogen functional groups attached to an aromatic ring is 1. The lowest BCUT2D eigenvalue weighted by atomic mass is 10.4. The summed E-state index contributed by atoms with van der Waals surface area (Å²) in [7, 11) is 0. The molecule has 0 aliphatic heterocycles. The van der Waals surface area contributed by atoms with Crippen molar-refractivity contribution in [2.24, 2.45) is 5.84 Å². The van der Waals surface area contributed by atoms with Gasteiger partial charge in [0.1, 0.15) is 10.8 Å². The van der Waals surface area contributed by atoms with Crippen LogP contribution in [0.5, 0.6) is 0 Å². The largest absolute Gasteiger partial charge is 0.306 e. The second-order valence-electron chi connectivity index (χ2n) is 3.31. The molecule has 0 saturated heterocycles. The van der Waals surface area contributed by atoms with Crippen molar-refractivity contribution in [3.05, 3.63) is 47.8 Å². The molecule has 0 aliphatic carbocycles. The fraction of sp³-hybridized carbons (Fsp3) is 0. The highest BCUT2D eigenvalue weighted by Crippen LogP contribution is 2.30. The topological polar surface area (TPSA) is 50.9 Å². The van der Waals surface area contributed by atoms with Crippen molar-refractivity contribution < 1.29 is 13.2 Å². The molecule has 2 aromatic rings. The van der Waals surface area contributed by atoms with E-state index in [-0.39, 0.29) is 10.8 Å². The van der Waals surface area contributed by atoms with Gasteiger partial charge in [-0.05, 0) is 24.3 Å². The second kappa shape index (κ2) is 5.28. The molecule has 3 N–H and O–H groups in total. The summed E-state index contributed by atoms with van der Waals surface area (Å²) in [5.41, 5.74) is 2.03. The zero-order valence-electron chi connectivity index (χ0n) is 8.95. The molecule has 2 rings (SSSR count). The van der Waals surface area contributed by atoms with Gasteiger partial charge in [0, 0.05) is 11.0 Å². The molecule has 7 heteroatoms. The van der Waals surface area contributed by atoms with Crippen LogP contribution in [-0.2, 0) is 0 Å². The van der Waals surface area contributed by atoms with Gasteiger partial charge in [-0.3, -0.25) is 0 Å². The van der Waals surface area contributed by atoms with Crippen molar-refractivity contribution in [2.75, 3.05) is 5.43 Å². The van der Waals surface area contributed by atoms with E-state index in [1.54, 1.807) is 0 Å². The number of hydrogen-bond donors (Lipinski definition) is 2. The number of hydrogen-bond acceptors (Lipinski definition) is 4. The van der Waals surface area contributed by atoms with Crippen LogP contribution in [-0.4, -0.2) is 4.98 Å². The number of halogens is 3. The SMILES string of the molecule is NNc1nc(Sc2ccc(F)cc2)c(F)cc1F. The van der Waals surface area contributed by atoms with E-state index in [0.29, 0.717) is 11.0 Å². The van der Waals surface area contributed by atoms with Gasteiger partial charge in [0.05, 0.1) is 0 Å². The minimum atomic E-state index is -0.876. The summed E-state index contributed by atoms with van der Waals surface area (Å²) in [5.74, 6) is 2.73. The van der Waals surface area contributed by atoms with Crippen LogP contribution < -0.4 is 11.3 Å². The Bertz CT molecular complexity index is 560. The quantitative estimate of drug-likeness (QED) is 0.665. The highest BCUT2D eigenvalue weighted by atomic mass is 32.2. The Morgan fingerprint density at radius 1 is 1.06 bits per heavy atom. The standard InChI is InChI=1S/C11H8F3N3S/c12-6-1-3-7(4-2-6)18-11-9(14)5-8(13)10(16-11)17-15/h1-5H,15H2,(H,16,17). The van der Waals surface area contributed by atoms with Gasteiger partial charge in [0.25, 0.3) is 0 Å². The predicted octanol–water partition coefficient (Wildman–Crippen LogP) is 2.94. The molecule has 0 saturated carbocycles. The molecule has 0 radical (unpaired) electrons. The van der Waals surface area contributed by atoms with E-state index in [1.807, 2.05) is 5.43 Å². The molecule has 1 heterocycles. The summed E-state index contributed by atoms with van der Waals surface area (Å²) in [6, 6.07) is 6.12. The highest BCUT2D eigenvalue weighted by Gasteiger charge is 2.12. The number of benzene rings is 1. The first-order chi connectivity index (χ1) is 8.60. The molecule has 18 heavy (non-hydrogen) atoms. The van der Waals surface area contributed by atoms with Gasteiger partial charge >= 0.3 is 0 Å². The lowest BCUT2D eigenvalue weighted by Crippen LogP contribution is -2.11. The van der Waals surface area contributed by atoms with E-state index in [1.165, 1.54) is 24.3 Å². The number of anilines is 1. The summed E-state index contributed by atoms with van der Waals surface area (Å²) in [5, 5.41) is -0.0454. The molecule has 0 fully saturated rings. The number of hydrazine groups is 1. The lowest BCUT2D eigenvalue weighted by molar-refractivity contribution is 0.551. The Morgan fingerprint density at radius 2 is 1.72 bits per heavy atom. The Balaban J connectivity index is 2.31. The van der Waals surface area contributed by atoms with Gasteiger partial charge in [0.2, 0.25) is 0 Å². The van der Waals surface area contributed by atoms with Crippen molar-refractivity contribution in [3.8, 4) is 0 Å². The predicted molar refractivity (Wildman–Crippen MR) is 62.5 cm³/mol. The summed E-state index contributed by atoms with van der Waals surface area (Å²) in [4.78, 5) is 4.27. The van der Waals surface area contributed by atoms with Crippen molar-refractivity contribution in [1.29, 1.82) is 0 Å². The number of rotatable bonds is 3. The van der Waals surface area contributed by atoms with Gasteiger partial charge in [-0.25, -0.2) is 24.0 Å². The van der Waals surface area contributed by atoms with E-state index in [4.69, 9.17) is 5.84 Å². The lowest BCUT2D eigenvalue weighted by Gasteiger charge is -2.06. The second-order valence-corrected chi connectivity index (χ2v) is 4.37. The van der Waals surface area contributed by atoms with Crippen LogP contribution in [0.3, 0.4) is 0 Å². The third-order valence-electron chi connectivity index (χ3n) is 2.06. The molecule has 0 amide bonds. The number of pyridine rings is 1. The van der Waals surface area contributed by atoms with Gasteiger partial charge in [0.15, 0.2) is 17.5 Å². The average Bonchev–Trinajstić information content (AvgIpc) is 2.35. The number of nitrogens with two attached hydrogens (primary N) is 1. The van der Waals surface area contributed by atoms with Crippen LogP contribution in [0.15, 0.2) is 40.3 Å². The highest BCUT2D eigenvalue weighted by molar-refractivity contribution is 7.99. The molecule has 0 atom stereocenters. The van der Waals surface area contributed by atoms with Crippen LogP contribution >= 0.6 is 11.8 Å². The third kappa shape index (κ3) is 2.74. The van der Waals surface area contributed by atoms with Crippen molar-refractivity contribution in [1.82, 2.24) is 4.98 Å². The van der Waals surface area contributed by atoms with E-state index in [2.05, 4.69) is 4.98 Å². The Morgan fingerprint density at radius 3 is 2.33 bits per heavy atom. The minimum Gasteiger partial charge on any atom is -0.306 e. The van der Waals surface area contributed by atoms with Crippen LogP contribution in [0.1, 0.15) is 0 Å². The van der Waals surface area contributed by atoms with E-state index in [9.17, 15) is 13.2 Å². The zero-order valence-corrected chi connectivity index (χ0v) is 9.77. The molecule has 94 valence electrons. The van der Waals surface area contributed by atoms with Crippen molar-refractivity contribution in [3.63, 3.8) is 0 Å². The third-order valence-corrected chi connectivity index (χ3v) is 3.05. The Hall–Kier alpha value is -1.73. The first-order valence-electron chi connectivity index (χ1n) is 4.86. The minimum absolute atomic E-state index is 0.0454. The molecular formula is C11H8F3N3S. The molecule has 1 aromatic heterocycles. The maximum Gasteiger partial charge on any atom is 0.177 e. The van der Waals surface area contributed by atoms with E-state index < -0.39 is 17.5 Å². The van der Waals surface area contributed by atoms with Gasteiger partial charge in [-0.1, -0.05) is 11.8 Å². The fourth-order valence-corrected chi connectivity index (χ4v) is 2.03. The molecule has 0 bridgehead atoms. The summed E-state index contributed by atoms with van der Waals surface area (Å²) < 4.78 is 39.3. The number of nitrogens with zero attached hydrogens (tertiary/aromatic N) is 1. The first kappa shape index (κ1) is 12.7. The van der Waals surface area contributed by atoms with Crippen molar-refractivity contribution >= 4 is 17.6 Å². The zero-order chi connectivity index (χ0) is 13.1. The van der Waals surface area contributed by atoms with E-state index in [0.717, 1.165) is 11.8 Å². The summed E-state index contributed by atoms with van der Waals surface area (Å²) in [6.45, 7) is 0. The maximum absolute atomic E-state index is 13.5. The maximum atomic E-state index is 13.5. The monoisotopic (exact) mass is 271 g/mol. The number of aromatic nitrogens is 1. The molecular weight excluding hydrogens is 263 g/mol. The van der Waals surface area contributed by atoms with Crippen LogP contribution in [0.4, 0.5) is 19.0 Å². The van der Waals surface area contributed by atoms with Gasteiger partial charge < -0.3 is 5.43 Å². The Labute approximate surface area is 105 Å².